The number of rotatable bonds is 7. The Kier molecular flexibility index (Phi) is 5.52. The van der Waals surface area contributed by atoms with Crippen molar-refractivity contribution in [2.45, 2.75) is 6.42 Å². The Morgan fingerprint density at radius 2 is 2.00 bits per heavy atom. The van der Waals surface area contributed by atoms with Crippen LogP contribution in [0.25, 0.3) is 0 Å². The molecule has 0 saturated heterocycles. The summed E-state index contributed by atoms with van der Waals surface area (Å²) in [5.74, 6) is 0.629. The molecule has 1 aromatic heterocycles. The van der Waals surface area contributed by atoms with Gasteiger partial charge in [0.15, 0.2) is 0 Å². The van der Waals surface area contributed by atoms with E-state index < -0.39 is 0 Å². The zero-order valence-corrected chi connectivity index (χ0v) is 11.9. The third kappa shape index (κ3) is 4.76. The quantitative estimate of drug-likeness (QED) is 0.767. The van der Waals surface area contributed by atoms with Gasteiger partial charge in [0.1, 0.15) is 5.82 Å². The van der Waals surface area contributed by atoms with Gasteiger partial charge in [-0.2, -0.15) is 0 Å². The molecule has 108 valence electrons. The van der Waals surface area contributed by atoms with E-state index in [-0.39, 0.29) is 5.91 Å². The van der Waals surface area contributed by atoms with Crippen LogP contribution in [0.3, 0.4) is 0 Å². The first-order chi connectivity index (χ1) is 10.3. The van der Waals surface area contributed by atoms with Crippen LogP contribution in [0.1, 0.15) is 15.9 Å². The lowest BCUT2D eigenvalue weighted by molar-refractivity contribution is 0.0954. The number of carbonyl (C=O) groups excluding carboxylic acids is 1. The molecule has 0 aliphatic rings. The maximum Gasteiger partial charge on any atom is 0.252 e. The first kappa shape index (κ1) is 14.8. The molecule has 4 nitrogen and oxygen atoms in total. The first-order valence-corrected chi connectivity index (χ1v) is 6.92. The van der Waals surface area contributed by atoms with Crippen LogP contribution in [-0.2, 0) is 6.42 Å². The van der Waals surface area contributed by atoms with E-state index in [1.807, 2.05) is 30.3 Å². The van der Waals surface area contributed by atoms with Gasteiger partial charge in [0, 0.05) is 19.3 Å². The van der Waals surface area contributed by atoms with Gasteiger partial charge in [-0.1, -0.05) is 36.4 Å². The molecule has 0 aliphatic heterocycles. The number of carbonyl (C=O) groups is 1. The number of aromatic nitrogens is 1. The van der Waals surface area contributed by atoms with Gasteiger partial charge in [-0.3, -0.25) is 4.79 Å². The number of benzene rings is 1. The fourth-order valence-corrected chi connectivity index (χ4v) is 1.88. The Bertz CT molecular complexity index is 579. The molecule has 1 amide bonds. The summed E-state index contributed by atoms with van der Waals surface area (Å²) in [6, 6.07) is 13.6. The minimum Gasteiger partial charge on any atom is -0.367 e. The molecule has 2 aromatic rings. The van der Waals surface area contributed by atoms with E-state index in [1.54, 1.807) is 24.4 Å². The van der Waals surface area contributed by atoms with Crippen molar-refractivity contribution in [3.8, 4) is 0 Å². The van der Waals surface area contributed by atoms with E-state index in [9.17, 15) is 4.79 Å². The normalized spacial score (nSPS) is 9.90. The van der Waals surface area contributed by atoms with Crippen LogP contribution in [0.4, 0.5) is 5.82 Å². The molecule has 2 N–H and O–H groups in total. The lowest BCUT2D eigenvalue weighted by atomic mass is 10.1. The van der Waals surface area contributed by atoms with Crippen LogP contribution in [0, 0.1) is 0 Å². The molecule has 0 bridgehead atoms. The molecule has 0 saturated carbocycles. The molecular formula is C17H19N3O. The molecular weight excluding hydrogens is 262 g/mol. The second kappa shape index (κ2) is 7.85. The monoisotopic (exact) mass is 281 g/mol. The molecule has 0 atom stereocenters. The fourth-order valence-electron chi connectivity index (χ4n) is 1.88. The van der Waals surface area contributed by atoms with Gasteiger partial charge in [0.2, 0.25) is 0 Å². The van der Waals surface area contributed by atoms with Crippen molar-refractivity contribution >= 4 is 11.7 Å². The number of hydrogen-bond donors (Lipinski definition) is 2. The summed E-state index contributed by atoms with van der Waals surface area (Å²) in [7, 11) is 0. The van der Waals surface area contributed by atoms with Crippen molar-refractivity contribution in [2.24, 2.45) is 0 Å². The SMILES string of the molecule is C=CCNc1ccc(C(=O)NCCc2ccccc2)cn1. The van der Waals surface area contributed by atoms with Gasteiger partial charge < -0.3 is 10.6 Å². The van der Waals surface area contributed by atoms with E-state index in [2.05, 4.69) is 22.2 Å². The summed E-state index contributed by atoms with van der Waals surface area (Å²) in [6.07, 6.45) is 4.15. The van der Waals surface area contributed by atoms with Crippen molar-refractivity contribution in [3.05, 3.63) is 72.4 Å². The third-order valence-corrected chi connectivity index (χ3v) is 3.00. The summed E-state index contributed by atoms with van der Waals surface area (Å²) in [5, 5.41) is 5.96. The standard InChI is InChI=1S/C17H19N3O/c1-2-11-18-16-9-8-15(13-20-16)17(21)19-12-10-14-6-4-3-5-7-14/h2-9,13H,1,10-12H2,(H,18,20)(H,19,21). The van der Waals surface area contributed by atoms with Crippen LogP contribution in [0.15, 0.2) is 61.3 Å². The summed E-state index contributed by atoms with van der Waals surface area (Å²) in [5.41, 5.74) is 1.77. The predicted octanol–water partition coefficient (Wildman–Crippen LogP) is 2.65. The van der Waals surface area contributed by atoms with Crippen molar-refractivity contribution in [1.82, 2.24) is 10.3 Å². The highest BCUT2D eigenvalue weighted by Crippen LogP contribution is 2.05. The van der Waals surface area contributed by atoms with Gasteiger partial charge >= 0.3 is 0 Å². The molecule has 0 radical (unpaired) electrons. The summed E-state index contributed by atoms with van der Waals surface area (Å²) < 4.78 is 0. The Labute approximate surface area is 124 Å². The number of hydrogen-bond acceptors (Lipinski definition) is 3. The molecule has 4 heteroatoms. The lowest BCUT2D eigenvalue weighted by Crippen LogP contribution is -2.25. The van der Waals surface area contributed by atoms with Crippen LogP contribution < -0.4 is 10.6 Å². The van der Waals surface area contributed by atoms with Crippen molar-refractivity contribution in [1.29, 1.82) is 0 Å². The zero-order chi connectivity index (χ0) is 14.9. The third-order valence-electron chi connectivity index (χ3n) is 3.00. The van der Waals surface area contributed by atoms with Gasteiger partial charge in [-0.05, 0) is 24.1 Å². The summed E-state index contributed by atoms with van der Waals surface area (Å²) in [4.78, 5) is 16.2. The maximum absolute atomic E-state index is 12.0. The number of anilines is 1. The Hall–Kier alpha value is -2.62. The average molecular weight is 281 g/mol. The highest BCUT2D eigenvalue weighted by molar-refractivity contribution is 5.94. The second-order valence-corrected chi connectivity index (χ2v) is 4.59. The molecule has 2 rings (SSSR count). The largest absolute Gasteiger partial charge is 0.367 e. The van der Waals surface area contributed by atoms with Crippen LogP contribution in [-0.4, -0.2) is 24.0 Å². The highest BCUT2D eigenvalue weighted by Gasteiger charge is 2.05. The summed E-state index contributed by atoms with van der Waals surface area (Å²) >= 11 is 0. The Balaban J connectivity index is 1.81. The van der Waals surface area contributed by atoms with Gasteiger partial charge in [0.25, 0.3) is 5.91 Å². The van der Waals surface area contributed by atoms with E-state index in [4.69, 9.17) is 0 Å². The highest BCUT2D eigenvalue weighted by atomic mass is 16.1. The minimum absolute atomic E-state index is 0.103. The smallest absolute Gasteiger partial charge is 0.252 e. The predicted molar refractivity (Wildman–Crippen MR) is 85.4 cm³/mol. The van der Waals surface area contributed by atoms with E-state index in [1.165, 1.54) is 5.56 Å². The first-order valence-electron chi connectivity index (χ1n) is 6.92. The Morgan fingerprint density at radius 1 is 1.19 bits per heavy atom. The van der Waals surface area contributed by atoms with E-state index in [0.717, 1.165) is 12.2 Å². The van der Waals surface area contributed by atoms with Crippen molar-refractivity contribution < 1.29 is 4.79 Å². The number of nitrogens with zero attached hydrogens (tertiary/aromatic N) is 1. The molecule has 0 spiro atoms. The fraction of sp³-hybridized carbons (Fsp3) is 0.176. The van der Waals surface area contributed by atoms with Gasteiger partial charge in [0.05, 0.1) is 5.56 Å². The van der Waals surface area contributed by atoms with Crippen molar-refractivity contribution in [2.75, 3.05) is 18.4 Å². The Morgan fingerprint density at radius 3 is 2.67 bits per heavy atom. The van der Waals surface area contributed by atoms with Crippen molar-refractivity contribution in [3.63, 3.8) is 0 Å². The van der Waals surface area contributed by atoms with Gasteiger partial charge in [-0.25, -0.2) is 4.98 Å². The van der Waals surface area contributed by atoms with Gasteiger partial charge in [-0.15, -0.1) is 6.58 Å². The molecule has 21 heavy (non-hydrogen) atoms. The topological polar surface area (TPSA) is 54.0 Å². The second-order valence-electron chi connectivity index (χ2n) is 4.59. The average Bonchev–Trinajstić information content (AvgIpc) is 2.54. The van der Waals surface area contributed by atoms with Crippen LogP contribution >= 0.6 is 0 Å². The lowest BCUT2D eigenvalue weighted by Gasteiger charge is -2.06. The molecule has 0 fully saturated rings. The zero-order valence-electron chi connectivity index (χ0n) is 11.9. The molecule has 0 aliphatic carbocycles. The van der Waals surface area contributed by atoms with Crippen LogP contribution in [0.2, 0.25) is 0 Å². The molecule has 1 heterocycles. The van der Waals surface area contributed by atoms with Crippen LogP contribution in [0.5, 0.6) is 0 Å². The maximum atomic E-state index is 12.0. The number of nitrogens with one attached hydrogen (secondary N) is 2. The van der Waals surface area contributed by atoms with E-state index >= 15 is 0 Å². The summed E-state index contributed by atoms with van der Waals surface area (Å²) in [6.45, 7) is 4.88. The number of pyridine rings is 1. The minimum atomic E-state index is -0.103. The molecule has 0 unspecified atom stereocenters. The van der Waals surface area contributed by atoms with E-state index in [0.29, 0.717) is 18.7 Å². The number of amides is 1. The molecule has 1 aromatic carbocycles.